The zero-order chi connectivity index (χ0) is 11.3. The molecule has 3 atom stereocenters. The molecule has 1 rings (SSSR count). The zero-order valence-electron chi connectivity index (χ0n) is 9.19. The molecule has 88 valence electrons. The topological polar surface area (TPSA) is 57.5 Å². The summed E-state index contributed by atoms with van der Waals surface area (Å²) in [7, 11) is 0. The summed E-state index contributed by atoms with van der Waals surface area (Å²) >= 11 is 1.64. The maximum Gasteiger partial charge on any atom is 0.307 e. The molecule has 3 unspecified atom stereocenters. The first-order valence-electron chi connectivity index (χ1n) is 5.64. The van der Waals surface area contributed by atoms with E-state index < -0.39 is 5.97 Å². The Balaban J connectivity index is 2.57. The number of rotatable bonds is 4. The number of hydrogen-bond donors (Lipinski definition) is 2. The average Bonchev–Trinajstić information content (AvgIpc) is 2.43. The molecule has 0 aliphatic heterocycles. The number of carboxylic acid groups (broad SMARTS) is 1. The molecule has 0 bridgehead atoms. The van der Waals surface area contributed by atoms with Crippen LogP contribution in [0.4, 0.5) is 0 Å². The number of thioether (sulfide) groups is 1. The van der Waals surface area contributed by atoms with Gasteiger partial charge in [0, 0.05) is 10.5 Å². The van der Waals surface area contributed by atoms with E-state index in [9.17, 15) is 4.79 Å². The highest BCUT2D eigenvalue weighted by atomic mass is 32.2. The lowest BCUT2D eigenvalue weighted by Gasteiger charge is -2.23. The second kappa shape index (κ2) is 6.38. The average molecular weight is 232 g/mol. The molecule has 1 fully saturated rings. The van der Waals surface area contributed by atoms with Crippen LogP contribution < -0.4 is 0 Å². The van der Waals surface area contributed by atoms with Gasteiger partial charge in [0.2, 0.25) is 0 Å². The Hall–Kier alpha value is -0.220. The Morgan fingerprint density at radius 3 is 2.67 bits per heavy atom. The van der Waals surface area contributed by atoms with Gasteiger partial charge in [-0.2, -0.15) is 11.8 Å². The van der Waals surface area contributed by atoms with E-state index >= 15 is 0 Å². The molecular formula is C11H20O3S. The Labute approximate surface area is 95.3 Å². The van der Waals surface area contributed by atoms with Crippen molar-refractivity contribution < 1.29 is 15.0 Å². The first kappa shape index (κ1) is 12.8. The molecule has 0 spiro atoms. The predicted molar refractivity (Wildman–Crippen MR) is 62.1 cm³/mol. The van der Waals surface area contributed by atoms with Gasteiger partial charge in [-0.15, -0.1) is 0 Å². The van der Waals surface area contributed by atoms with Gasteiger partial charge in [-0.05, 0) is 12.8 Å². The Morgan fingerprint density at radius 1 is 1.40 bits per heavy atom. The summed E-state index contributed by atoms with van der Waals surface area (Å²) in [6.45, 7) is 2.09. The number of aliphatic hydroxyl groups is 1. The third kappa shape index (κ3) is 4.03. The molecule has 2 N–H and O–H groups in total. The van der Waals surface area contributed by atoms with Crippen LogP contribution >= 0.6 is 11.8 Å². The lowest BCUT2D eigenvalue weighted by Crippen LogP contribution is -2.27. The van der Waals surface area contributed by atoms with Crippen molar-refractivity contribution in [1.29, 1.82) is 0 Å². The van der Waals surface area contributed by atoms with Gasteiger partial charge in [0.05, 0.1) is 12.5 Å². The number of aliphatic carboxylic acids is 1. The standard InChI is InChI=1S/C11H20O3S/c1-8(7-12)15-10-6-4-2-3-5-9(10)11(13)14/h8-10,12H,2-7H2,1H3,(H,13,14). The SMILES string of the molecule is CC(CO)SC1CCCCCC1C(=O)O. The lowest BCUT2D eigenvalue weighted by atomic mass is 10.0. The molecule has 4 heteroatoms. The molecule has 3 nitrogen and oxygen atoms in total. The van der Waals surface area contributed by atoms with Crippen molar-refractivity contribution in [1.82, 2.24) is 0 Å². The van der Waals surface area contributed by atoms with E-state index in [0.717, 1.165) is 32.1 Å². The maximum atomic E-state index is 11.1. The minimum atomic E-state index is -0.667. The summed E-state index contributed by atoms with van der Waals surface area (Å²) in [5.74, 6) is -0.883. The summed E-state index contributed by atoms with van der Waals surface area (Å²) < 4.78 is 0. The second-order valence-corrected chi connectivity index (χ2v) is 5.93. The predicted octanol–water partition coefficient (Wildman–Crippen LogP) is 2.13. The fourth-order valence-electron chi connectivity index (χ4n) is 2.06. The number of carboxylic acids is 1. The third-order valence-corrected chi connectivity index (χ3v) is 4.46. The molecule has 0 aromatic heterocycles. The minimum absolute atomic E-state index is 0.132. The smallest absolute Gasteiger partial charge is 0.307 e. The van der Waals surface area contributed by atoms with Gasteiger partial charge in [-0.3, -0.25) is 4.79 Å². The summed E-state index contributed by atoms with van der Waals surface area (Å²) in [5, 5.41) is 18.5. The van der Waals surface area contributed by atoms with Crippen molar-refractivity contribution in [2.75, 3.05) is 6.61 Å². The van der Waals surface area contributed by atoms with Crippen molar-refractivity contribution in [2.24, 2.45) is 5.92 Å². The van der Waals surface area contributed by atoms with Gasteiger partial charge in [-0.1, -0.05) is 26.2 Å². The van der Waals surface area contributed by atoms with E-state index in [1.807, 2.05) is 6.92 Å². The van der Waals surface area contributed by atoms with Gasteiger partial charge in [0.25, 0.3) is 0 Å². The second-order valence-electron chi connectivity index (χ2n) is 4.25. The Kier molecular flexibility index (Phi) is 5.47. The van der Waals surface area contributed by atoms with Crippen molar-refractivity contribution in [2.45, 2.75) is 49.5 Å². The van der Waals surface area contributed by atoms with Crippen LogP contribution in [0.2, 0.25) is 0 Å². The highest BCUT2D eigenvalue weighted by Gasteiger charge is 2.30. The highest BCUT2D eigenvalue weighted by molar-refractivity contribution is 8.00. The van der Waals surface area contributed by atoms with E-state index in [2.05, 4.69) is 0 Å². The highest BCUT2D eigenvalue weighted by Crippen LogP contribution is 2.34. The van der Waals surface area contributed by atoms with Crippen molar-refractivity contribution in [3.05, 3.63) is 0 Å². The molecule has 15 heavy (non-hydrogen) atoms. The van der Waals surface area contributed by atoms with E-state index in [1.54, 1.807) is 11.8 Å². The number of carbonyl (C=O) groups is 1. The van der Waals surface area contributed by atoms with Crippen LogP contribution in [0.5, 0.6) is 0 Å². The Morgan fingerprint density at radius 2 is 2.07 bits per heavy atom. The van der Waals surface area contributed by atoms with Crippen LogP contribution in [0.25, 0.3) is 0 Å². The van der Waals surface area contributed by atoms with Crippen molar-refractivity contribution in [3.63, 3.8) is 0 Å². The van der Waals surface area contributed by atoms with Crippen molar-refractivity contribution in [3.8, 4) is 0 Å². The zero-order valence-corrected chi connectivity index (χ0v) is 10.0. The molecular weight excluding hydrogens is 212 g/mol. The van der Waals surface area contributed by atoms with Crippen molar-refractivity contribution >= 4 is 17.7 Å². The van der Waals surface area contributed by atoms with Crippen LogP contribution in [0, 0.1) is 5.92 Å². The lowest BCUT2D eigenvalue weighted by molar-refractivity contribution is -0.141. The molecule has 1 aliphatic rings. The normalized spacial score (nSPS) is 29.5. The fraction of sp³-hybridized carbons (Fsp3) is 0.909. The van der Waals surface area contributed by atoms with Crippen LogP contribution in [-0.4, -0.2) is 33.3 Å². The summed E-state index contributed by atoms with van der Waals surface area (Å²) in [5.41, 5.74) is 0. The molecule has 0 radical (unpaired) electrons. The summed E-state index contributed by atoms with van der Waals surface area (Å²) in [6, 6.07) is 0. The van der Waals surface area contributed by atoms with E-state index in [1.165, 1.54) is 0 Å². The van der Waals surface area contributed by atoms with Crippen LogP contribution in [-0.2, 0) is 4.79 Å². The first-order chi connectivity index (χ1) is 7.15. The van der Waals surface area contributed by atoms with Gasteiger partial charge < -0.3 is 10.2 Å². The van der Waals surface area contributed by atoms with Crippen LogP contribution in [0.1, 0.15) is 39.0 Å². The maximum absolute atomic E-state index is 11.1. The summed E-state index contributed by atoms with van der Waals surface area (Å²) in [4.78, 5) is 11.1. The minimum Gasteiger partial charge on any atom is -0.481 e. The molecule has 1 aliphatic carbocycles. The monoisotopic (exact) mass is 232 g/mol. The number of hydrogen-bond acceptors (Lipinski definition) is 3. The molecule has 0 heterocycles. The largest absolute Gasteiger partial charge is 0.481 e. The Bertz CT molecular complexity index is 208. The van der Waals surface area contributed by atoms with Gasteiger partial charge in [-0.25, -0.2) is 0 Å². The fourth-order valence-corrected chi connectivity index (χ4v) is 3.49. The summed E-state index contributed by atoms with van der Waals surface area (Å²) in [6.07, 6.45) is 5.08. The van der Waals surface area contributed by atoms with Gasteiger partial charge >= 0.3 is 5.97 Å². The molecule has 0 aromatic rings. The van der Waals surface area contributed by atoms with Crippen LogP contribution in [0.15, 0.2) is 0 Å². The van der Waals surface area contributed by atoms with E-state index in [-0.39, 0.29) is 23.0 Å². The van der Waals surface area contributed by atoms with Gasteiger partial charge in [0.1, 0.15) is 0 Å². The number of aliphatic hydroxyl groups excluding tert-OH is 1. The van der Waals surface area contributed by atoms with Crippen LogP contribution in [0.3, 0.4) is 0 Å². The van der Waals surface area contributed by atoms with Gasteiger partial charge in [0.15, 0.2) is 0 Å². The van der Waals surface area contributed by atoms with E-state index in [4.69, 9.17) is 10.2 Å². The first-order valence-corrected chi connectivity index (χ1v) is 6.58. The molecule has 0 aromatic carbocycles. The molecule has 1 saturated carbocycles. The molecule has 0 saturated heterocycles. The van der Waals surface area contributed by atoms with E-state index in [0.29, 0.717) is 0 Å². The quantitative estimate of drug-likeness (QED) is 0.729. The molecule has 0 amide bonds. The third-order valence-electron chi connectivity index (χ3n) is 2.93.